The third kappa shape index (κ3) is 1.79. The molecule has 3 unspecified atom stereocenters. The number of nitrogens with one attached hydrogen (secondary N) is 1. The van der Waals surface area contributed by atoms with Gasteiger partial charge in [-0.05, 0) is 12.5 Å². The van der Waals surface area contributed by atoms with Crippen LogP contribution >= 0.6 is 0 Å². The van der Waals surface area contributed by atoms with Gasteiger partial charge in [0.25, 0.3) is 0 Å². The number of hydrogen-bond donors (Lipinski definition) is 1. The van der Waals surface area contributed by atoms with E-state index in [2.05, 4.69) is 24.3 Å². The fraction of sp³-hybridized carbons (Fsp3) is 0.769. The maximum atomic E-state index is 5.79. The van der Waals surface area contributed by atoms with Crippen molar-refractivity contribution in [1.82, 2.24) is 15.1 Å². The lowest BCUT2D eigenvalue weighted by Gasteiger charge is -2.55. The van der Waals surface area contributed by atoms with Crippen molar-refractivity contribution in [3.63, 3.8) is 0 Å². The first-order valence-electron chi connectivity index (χ1n) is 6.52. The molecule has 4 heteroatoms. The van der Waals surface area contributed by atoms with Gasteiger partial charge in [0.05, 0.1) is 12.6 Å². The van der Waals surface area contributed by atoms with Crippen LogP contribution < -0.4 is 5.32 Å². The molecule has 3 atom stereocenters. The van der Waals surface area contributed by atoms with Crippen LogP contribution in [0.2, 0.25) is 0 Å². The number of hydrogen-bond acceptors (Lipinski definition) is 3. The second-order valence-corrected chi connectivity index (χ2v) is 5.77. The van der Waals surface area contributed by atoms with Gasteiger partial charge in [0.2, 0.25) is 0 Å². The van der Waals surface area contributed by atoms with Gasteiger partial charge < -0.3 is 10.1 Å². The Bertz CT molecular complexity index is 374. The molecule has 1 aromatic rings. The predicted molar refractivity (Wildman–Crippen MR) is 65.6 cm³/mol. The van der Waals surface area contributed by atoms with Gasteiger partial charge >= 0.3 is 0 Å². The summed E-state index contributed by atoms with van der Waals surface area (Å²) in [6, 6.07) is 2.57. The number of aromatic nitrogens is 2. The Labute approximate surface area is 102 Å². The quantitative estimate of drug-likeness (QED) is 0.854. The largest absolute Gasteiger partial charge is 0.377 e. The van der Waals surface area contributed by atoms with Gasteiger partial charge in [0, 0.05) is 42.9 Å². The fourth-order valence-corrected chi connectivity index (χ4v) is 3.51. The molecule has 0 aromatic carbocycles. The van der Waals surface area contributed by atoms with Crippen molar-refractivity contribution in [2.75, 3.05) is 13.2 Å². The highest BCUT2D eigenvalue weighted by atomic mass is 16.5. The molecule has 1 saturated carbocycles. The molecular formula is C13H21N3O. The molecule has 2 heterocycles. The molecule has 1 aliphatic heterocycles. The van der Waals surface area contributed by atoms with Crippen molar-refractivity contribution < 1.29 is 4.74 Å². The van der Waals surface area contributed by atoms with E-state index in [1.807, 2.05) is 23.1 Å². The highest BCUT2D eigenvalue weighted by molar-refractivity contribution is 5.11. The third-order valence-corrected chi connectivity index (χ3v) is 4.36. The molecule has 2 fully saturated rings. The van der Waals surface area contributed by atoms with Crippen molar-refractivity contribution in [1.29, 1.82) is 0 Å². The maximum absolute atomic E-state index is 5.79. The standard InChI is InChI=1S/C13H21N3O/c1-13(2)11(10-4-9-17-12(10)13)14-6-8-16-7-3-5-15-16/h3,5,7,10-12,14H,4,6,8-9H2,1-2H3. The SMILES string of the molecule is CC1(C)C(NCCn2cccn2)C2CCOC21. The van der Waals surface area contributed by atoms with E-state index in [9.17, 15) is 0 Å². The first-order chi connectivity index (χ1) is 8.19. The summed E-state index contributed by atoms with van der Waals surface area (Å²) >= 11 is 0. The van der Waals surface area contributed by atoms with Gasteiger partial charge in [-0.15, -0.1) is 0 Å². The molecule has 4 nitrogen and oxygen atoms in total. The molecule has 1 saturated heterocycles. The minimum atomic E-state index is 0.283. The molecule has 0 bridgehead atoms. The van der Waals surface area contributed by atoms with E-state index in [0.717, 1.165) is 25.6 Å². The minimum absolute atomic E-state index is 0.283. The van der Waals surface area contributed by atoms with Crippen LogP contribution in [0.1, 0.15) is 20.3 Å². The van der Waals surface area contributed by atoms with Crippen molar-refractivity contribution in [3.8, 4) is 0 Å². The van der Waals surface area contributed by atoms with E-state index in [1.165, 1.54) is 6.42 Å². The Morgan fingerprint density at radius 1 is 1.53 bits per heavy atom. The lowest BCUT2D eigenvalue weighted by molar-refractivity contribution is -0.112. The van der Waals surface area contributed by atoms with Crippen molar-refractivity contribution in [3.05, 3.63) is 18.5 Å². The lowest BCUT2D eigenvalue weighted by atomic mass is 9.57. The summed E-state index contributed by atoms with van der Waals surface area (Å²) in [7, 11) is 0. The van der Waals surface area contributed by atoms with Crippen molar-refractivity contribution in [2.24, 2.45) is 11.3 Å². The number of nitrogens with zero attached hydrogens (tertiary/aromatic N) is 2. The predicted octanol–water partition coefficient (Wildman–Crippen LogP) is 1.29. The summed E-state index contributed by atoms with van der Waals surface area (Å²) < 4.78 is 7.77. The highest BCUT2D eigenvalue weighted by Crippen LogP contribution is 2.51. The Morgan fingerprint density at radius 3 is 3.18 bits per heavy atom. The smallest absolute Gasteiger partial charge is 0.0685 e. The lowest BCUT2D eigenvalue weighted by Crippen LogP contribution is -2.66. The molecule has 1 N–H and O–H groups in total. The molecule has 3 rings (SSSR count). The summed E-state index contributed by atoms with van der Waals surface area (Å²) in [5.41, 5.74) is 0.283. The van der Waals surface area contributed by atoms with Crippen LogP contribution in [0.15, 0.2) is 18.5 Å². The zero-order chi connectivity index (χ0) is 11.9. The van der Waals surface area contributed by atoms with E-state index in [1.54, 1.807) is 0 Å². The summed E-state index contributed by atoms with van der Waals surface area (Å²) in [4.78, 5) is 0. The first kappa shape index (κ1) is 11.2. The molecule has 0 amide bonds. The monoisotopic (exact) mass is 235 g/mol. The molecule has 0 radical (unpaired) electrons. The average molecular weight is 235 g/mol. The average Bonchev–Trinajstić information content (AvgIpc) is 2.94. The number of rotatable bonds is 4. The molecular weight excluding hydrogens is 214 g/mol. The fourth-order valence-electron chi connectivity index (χ4n) is 3.51. The van der Waals surface area contributed by atoms with Crippen molar-refractivity contribution in [2.45, 2.75) is 39.0 Å². The van der Waals surface area contributed by atoms with Crippen LogP contribution in [0.4, 0.5) is 0 Å². The van der Waals surface area contributed by atoms with Crippen LogP contribution in [0.3, 0.4) is 0 Å². The van der Waals surface area contributed by atoms with Crippen LogP contribution in [0.5, 0.6) is 0 Å². The Kier molecular flexibility index (Phi) is 2.71. The van der Waals surface area contributed by atoms with E-state index in [0.29, 0.717) is 12.1 Å². The number of fused-ring (bicyclic) bond motifs is 1. The summed E-state index contributed by atoms with van der Waals surface area (Å²) in [6.07, 6.45) is 5.53. The molecule has 1 aromatic heterocycles. The van der Waals surface area contributed by atoms with E-state index in [4.69, 9.17) is 4.74 Å². The molecule has 94 valence electrons. The normalized spacial score (nSPS) is 34.4. The van der Waals surface area contributed by atoms with Gasteiger partial charge in [-0.2, -0.15) is 5.10 Å². The highest BCUT2D eigenvalue weighted by Gasteiger charge is 2.58. The Hall–Kier alpha value is -0.870. The van der Waals surface area contributed by atoms with E-state index < -0.39 is 0 Å². The van der Waals surface area contributed by atoms with E-state index >= 15 is 0 Å². The van der Waals surface area contributed by atoms with Crippen molar-refractivity contribution >= 4 is 0 Å². The summed E-state index contributed by atoms with van der Waals surface area (Å²) in [5.74, 6) is 0.725. The Balaban J connectivity index is 1.52. The van der Waals surface area contributed by atoms with Gasteiger partial charge in [-0.3, -0.25) is 4.68 Å². The topological polar surface area (TPSA) is 39.1 Å². The van der Waals surface area contributed by atoms with Crippen LogP contribution in [0, 0.1) is 11.3 Å². The van der Waals surface area contributed by atoms with Gasteiger partial charge in [0.1, 0.15) is 0 Å². The van der Waals surface area contributed by atoms with E-state index in [-0.39, 0.29) is 5.41 Å². The maximum Gasteiger partial charge on any atom is 0.0685 e. The summed E-state index contributed by atoms with van der Waals surface area (Å²) in [6.45, 7) is 7.49. The number of ether oxygens (including phenoxy) is 1. The Morgan fingerprint density at radius 2 is 2.41 bits per heavy atom. The van der Waals surface area contributed by atoms with Crippen LogP contribution in [-0.2, 0) is 11.3 Å². The van der Waals surface area contributed by atoms with Gasteiger partial charge in [-0.1, -0.05) is 13.8 Å². The van der Waals surface area contributed by atoms with Gasteiger partial charge in [0.15, 0.2) is 0 Å². The second-order valence-electron chi connectivity index (χ2n) is 5.77. The zero-order valence-electron chi connectivity index (χ0n) is 10.6. The molecule has 17 heavy (non-hydrogen) atoms. The van der Waals surface area contributed by atoms with Crippen LogP contribution in [0.25, 0.3) is 0 Å². The van der Waals surface area contributed by atoms with Gasteiger partial charge in [-0.25, -0.2) is 0 Å². The molecule has 2 aliphatic rings. The first-order valence-corrected chi connectivity index (χ1v) is 6.52. The second kappa shape index (κ2) is 4.10. The third-order valence-electron chi connectivity index (χ3n) is 4.36. The summed E-state index contributed by atoms with van der Waals surface area (Å²) in [5, 5.41) is 7.89. The molecule has 0 spiro atoms. The van der Waals surface area contributed by atoms with Crippen LogP contribution in [-0.4, -0.2) is 35.1 Å². The molecule has 1 aliphatic carbocycles. The minimum Gasteiger partial charge on any atom is -0.377 e. The zero-order valence-corrected chi connectivity index (χ0v) is 10.6.